The second-order valence-electron chi connectivity index (χ2n) is 5.71. The number of hydrogen-bond acceptors (Lipinski definition) is 3. The molecule has 2 rings (SSSR count). The van der Waals surface area contributed by atoms with Crippen LogP contribution in [0.25, 0.3) is 6.08 Å². The molecule has 0 bridgehead atoms. The summed E-state index contributed by atoms with van der Waals surface area (Å²) >= 11 is 11.9. The second kappa shape index (κ2) is 7.60. The third-order valence-electron chi connectivity index (χ3n) is 3.77. The van der Waals surface area contributed by atoms with Gasteiger partial charge in [-0.05, 0) is 54.3 Å². The van der Waals surface area contributed by atoms with Crippen LogP contribution in [0.15, 0.2) is 41.3 Å². The van der Waals surface area contributed by atoms with Gasteiger partial charge in [0.25, 0.3) is 5.91 Å². The van der Waals surface area contributed by atoms with Crippen LogP contribution in [-0.2, 0) is 20.4 Å². The molecule has 0 saturated heterocycles. The van der Waals surface area contributed by atoms with Gasteiger partial charge < -0.3 is 5.73 Å². The van der Waals surface area contributed by atoms with Crippen LogP contribution in [0.1, 0.15) is 22.3 Å². The molecule has 0 aliphatic rings. The lowest BCUT2D eigenvalue weighted by Crippen LogP contribution is -2.22. The molecule has 0 radical (unpaired) electrons. The zero-order valence-electron chi connectivity index (χ0n) is 13.7. The number of carbonyl (C=O) groups excluding carboxylic acids is 1. The molecule has 2 aromatic rings. The number of carbonyl (C=O) groups is 1. The number of rotatable bonds is 5. The summed E-state index contributed by atoms with van der Waals surface area (Å²) in [6.45, 7) is 3.84. The highest BCUT2D eigenvalue weighted by Gasteiger charge is 2.24. The van der Waals surface area contributed by atoms with E-state index in [1.54, 1.807) is 12.1 Å². The van der Waals surface area contributed by atoms with Crippen molar-refractivity contribution in [1.82, 2.24) is 0 Å². The van der Waals surface area contributed by atoms with Crippen molar-refractivity contribution in [3.63, 3.8) is 0 Å². The number of benzene rings is 2. The molecule has 1 amide bonds. The average Bonchev–Trinajstić information content (AvgIpc) is 2.50. The van der Waals surface area contributed by atoms with Gasteiger partial charge in [-0.2, -0.15) is 0 Å². The smallest absolute Gasteiger partial charge is 0.260 e. The van der Waals surface area contributed by atoms with E-state index < -0.39 is 26.4 Å². The van der Waals surface area contributed by atoms with Crippen LogP contribution in [0.3, 0.4) is 0 Å². The van der Waals surface area contributed by atoms with E-state index in [1.807, 2.05) is 19.9 Å². The Hall–Kier alpha value is -1.82. The Bertz CT molecular complexity index is 966. The summed E-state index contributed by atoms with van der Waals surface area (Å²) in [7, 11) is -3.97. The lowest BCUT2D eigenvalue weighted by atomic mass is 10.1. The fourth-order valence-corrected chi connectivity index (χ4v) is 4.23. The van der Waals surface area contributed by atoms with Crippen LogP contribution in [0.5, 0.6) is 0 Å². The minimum absolute atomic E-state index is 0.214. The molecule has 0 atom stereocenters. The molecule has 2 N–H and O–H groups in total. The maximum absolute atomic E-state index is 12.7. The third kappa shape index (κ3) is 4.84. The predicted octanol–water partition coefficient (Wildman–Crippen LogP) is 4.05. The molecule has 0 aliphatic carbocycles. The monoisotopic (exact) mass is 397 g/mol. The summed E-state index contributed by atoms with van der Waals surface area (Å²) in [5.41, 5.74) is 8.29. The maximum Gasteiger partial charge on any atom is 0.260 e. The zero-order valence-corrected chi connectivity index (χ0v) is 16.0. The van der Waals surface area contributed by atoms with E-state index in [1.165, 1.54) is 24.3 Å². The van der Waals surface area contributed by atoms with Gasteiger partial charge in [0.2, 0.25) is 0 Å². The third-order valence-corrected chi connectivity index (χ3v) is 6.03. The standard InChI is InChI=1S/C18H17Cl2NO3S/c1-11-3-4-13(7-12(11)2)8-17(18(21)22)25(23,24)10-14-5-6-15(19)9-16(14)20/h3-9H,10H2,1-2H3,(H2,21,22)/b17-8+. The Morgan fingerprint density at radius 3 is 2.32 bits per heavy atom. The molecule has 0 heterocycles. The van der Waals surface area contributed by atoms with Crippen LogP contribution >= 0.6 is 23.2 Å². The molecular formula is C18H17Cl2NO3S. The quantitative estimate of drug-likeness (QED) is 0.772. The fourth-order valence-electron chi connectivity index (χ4n) is 2.24. The van der Waals surface area contributed by atoms with Crippen LogP contribution in [0.4, 0.5) is 0 Å². The van der Waals surface area contributed by atoms with Crippen molar-refractivity contribution in [2.75, 3.05) is 0 Å². The van der Waals surface area contributed by atoms with Gasteiger partial charge in [0.05, 0.1) is 5.75 Å². The largest absolute Gasteiger partial charge is 0.365 e. The van der Waals surface area contributed by atoms with Gasteiger partial charge in [-0.1, -0.05) is 47.5 Å². The topological polar surface area (TPSA) is 77.2 Å². The molecule has 132 valence electrons. The van der Waals surface area contributed by atoms with Crippen molar-refractivity contribution < 1.29 is 13.2 Å². The SMILES string of the molecule is Cc1ccc(/C=C(\C(N)=O)S(=O)(=O)Cc2ccc(Cl)cc2Cl)cc1C. The van der Waals surface area contributed by atoms with E-state index in [0.717, 1.165) is 11.1 Å². The molecule has 0 spiro atoms. The molecule has 25 heavy (non-hydrogen) atoms. The molecule has 0 saturated carbocycles. The first-order valence-electron chi connectivity index (χ1n) is 7.35. The Morgan fingerprint density at radius 2 is 1.76 bits per heavy atom. The molecular weight excluding hydrogens is 381 g/mol. The zero-order chi connectivity index (χ0) is 18.8. The highest BCUT2D eigenvalue weighted by atomic mass is 35.5. The Labute approximate surface area is 157 Å². The second-order valence-corrected chi connectivity index (χ2v) is 8.51. The summed E-state index contributed by atoms with van der Waals surface area (Å²) < 4.78 is 25.3. The van der Waals surface area contributed by atoms with Gasteiger partial charge in [-0.15, -0.1) is 0 Å². The first kappa shape index (κ1) is 19.5. The number of sulfone groups is 1. The van der Waals surface area contributed by atoms with E-state index in [4.69, 9.17) is 28.9 Å². The van der Waals surface area contributed by atoms with Gasteiger partial charge in [-0.25, -0.2) is 8.42 Å². The van der Waals surface area contributed by atoms with Crippen molar-refractivity contribution in [3.05, 3.63) is 73.6 Å². The number of primary amides is 1. The van der Waals surface area contributed by atoms with Gasteiger partial charge in [0.15, 0.2) is 9.84 Å². The summed E-state index contributed by atoms with van der Waals surface area (Å²) in [4.78, 5) is 11.3. The average molecular weight is 398 g/mol. The van der Waals surface area contributed by atoms with Crippen LogP contribution in [0, 0.1) is 13.8 Å². The lowest BCUT2D eigenvalue weighted by molar-refractivity contribution is -0.113. The lowest BCUT2D eigenvalue weighted by Gasteiger charge is -2.09. The van der Waals surface area contributed by atoms with Crippen molar-refractivity contribution in [3.8, 4) is 0 Å². The summed E-state index contributed by atoms with van der Waals surface area (Å²) in [6, 6.07) is 9.87. The highest BCUT2D eigenvalue weighted by molar-refractivity contribution is 7.95. The maximum atomic E-state index is 12.7. The predicted molar refractivity (Wildman–Crippen MR) is 102 cm³/mol. The van der Waals surface area contributed by atoms with Gasteiger partial charge in [0, 0.05) is 10.0 Å². The summed E-state index contributed by atoms with van der Waals surface area (Å²) in [5.74, 6) is -1.45. The summed E-state index contributed by atoms with van der Waals surface area (Å²) in [5, 5.41) is 0.609. The molecule has 0 aliphatic heterocycles. The molecule has 0 aromatic heterocycles. The Kier molecular flexibility index (Phi) is 5.93. The first-order chi connectivity index (χ1) is 11.6. The number of amides is 1. The molecule has 0 fully saturated rings. The number of hydrogen-bond donors (Lipinski definition) is 1. The van der Waals surface area contributed by atoms with Crippen LogP contribution < -0.4 is 5.73 Å². The van der Waals surface area contributed by atoms with Crippen LogP contribution in [-0.4, -0.2) is 14.3 Å². The van der Waals surface area contributed by atoms with E-state index in [9.17, 15) is 13.2 Å². The van der Waals surface area contributed by atoms with Crippen molar-refractivity contribution in [2.45, 2.75) is 19.6 Å². The van der Waals surface area contributed by atoms with Gasteiger partial charge in [0.1, 0.15) is 4.91 Å². The number of nitrogens with two attached hydrogens (primary N) is 1. The molecule has 4 nitrogen and oxygen atoms in total. The fraction of sp³-hybridized carbons (Fsp3) is 0.167. The van der Waals surface area contributed by atoms with Crippen LogP contribution in [0.2, 0.25) is 10.0 Å². The van der Waals surface area contributed by atoms with Crippen molar-refractivity contribution in [2.24, 2.45) is 5.73 Å². The Morgan fingerprint density at radius 1 is 1.08 bits per heavy atom. The van der Waals surface area contributed by atoms with Gasteiger partial charge >= 0.3 is 0 Å². The number of aryl methyl sites for hydroxylation is 2. The van der Waals surface area contributed by atoms with Crippen molar-refractivity contribution >= 4 is 45.0 Å². The Balaban J connectivity index is 2.45. The van der Waals surface area contributed by atoms with E-state index in [-0.39, 0.29) is 5.02 Å². The van der Waals surface area contributed by atoms with Gasteiger partial charge in [-0.3, -0.25) is 4.79 Å². The molecule has 7 heteroatoms. The van der Waals surface area contributed by atoms with E-state index in [0.29, 0.717) is 16.1 Å². The minimum atomic E-state index is -3.97. The van der Waals surface area contributed by atoms with Crippen molar-refractivity contribution in [1.29, 1.82) is 0 Å². The normalized spacial score (nSPS) is 12.2. The minimum Gasteiger partial charge on any atom is -0.365 e. The highest BCUT2D eigenvalue weighted by Crippen LogP contribution is 2.26. The van der Waals surface area contributed by atoms with E-state index >= 15 is 0 Å². The molecule has 2 aromatic carbocycles. The van der Waals surface area contributed by atoms with E-state index in [2.05, 4.69) is 0 Å². The first-order valence-corrected chi connectivity index (χ1v) is 9.76. The number of halogens is 2. The summed E-state index contributed by atoms with van der Waals surface area (Å²) in [6.07, 6.45) is 1.29. The molecule has 0 unspecified atom stereocenters.